The predicted octanol–water partition coefficient (Wildman–Crippen LogP) is 0.368. The smallest absolute Gasteiger partial charge is 0.147 e. The van der Waals surface area contributed by atoms with E-state index in [0.29, 0.717) is 12.1 Å². The molecule has 0 saturated carbocycles. The van der Waals surface area contributed by atoms with Crippen LogP contribution in [-0.2, 0) is 0 Å². The molecule has 1 saturated heterocycles. The highest BCUT2D eigenvalue weighted by Gasteiger charge is 2.29. The molecule has 1 aromatic rings. The predicted molar refractivity (Wildman–Crippen MR) is 67.0 cm³/mol. The molecule has 94 valence electrons. The summed E-state index contributed by atoms with van der Waals surface area (Å²) in [4.78, 5) is 13.0. The first-order valence-electron chi connectivity index (χ1n) is 6.10. The Hall–Kier alpha value is -1.20. The van der Waals surface area contributed by atoms with E-state index in [2.05, 4.69) is 33.6 Å². The van der Waals surface area contributed by atoms with E-state index in [0.717, 1.165) is 25.5 Å². The van der Waals surface area contributed by atoms with Crippen molar-refractivity contribution < 1.29 is 5.11 Å². The van der Waals surface area contributed by atoms with Crippen molar-refractivity contribution in [2.24, 2.45) is 0 Å². The van der Waals surface area contributed by atoms with Crippen molar-refractivity contribution in [3.05, 3.63) is 18.6 Å². The molecule has 5 heteroatoms. The minimum atomic E-state index is 0.222. The van der Waals surface area contributed by atoms with Crippen LogP contribution in [0.3, 0.4) is 0 Å². The summed E-state index contributed by atoms with van der Waals surface area (Å²) in [5, 5.41) is 9.06. The van der Waals surface area contributed by atoms with E-state index in [9.17, 15) is 0 Å². The lowest BCUT2D eigenvalue weighted by Gasteiger charge is -2.44. The van der Waals surface area contributed by atoms with E-state index in [4.69, 9.17) is 5.11 Å². The minimum Gasteiger partial charge on any atom is -0.395 e. The highest BCUT2D eigenvalue weighted by atomic mass is 16.3. The van der Waals surface area contributed by atoms with Gasteiger partial charge in [0.05, 0.1) is 12.8 Å². The molecule has 2 atom stereocenters. The van der Waals surface area contributed by atoms with E-state index >= 15 is 0 Å². The summed E-state index contributed by atoms with van der Waals surface area (Å²) in [6.45, 7) is 7.21. The first-order valence-corrected chi connectivity index (χ1v) is 6.10. The van der Waals surface area contributed by atoms with Crippen LogP contribution < -0.4 is 4.90 Å². The summed E-state index contributed by atoms with van der Waals surface area (Å²) < 4.78 is 0. The van der Waals surface area contributed by atoms with Gasteiger partial charge in [-0.2, -0.15) is 0 Å². The van der Waals surface area contributed by atoms with Crippen molar-refractivity contribution in [1.29, 1.82) is 0 Å². The Morgan fingerprint density at radius 2 is 2.00 bits per heavy atom. The second-order valence-electron chi connectivity index (χ2n) is 4.63. The lowest BCUT2D eigenvalue weighted by atomic mass is 10.1. The average molecular weight is 236 g/mol. The fraction of sp³-hybridized carbons (Fsp3) is 0.667. The average Bonchev–Trinajstić information content (AvgIpc) is 2.35. The van der Waals surface area contributed by atoms with Crippen molar-refractivity contribution in [3.8, 4) is 0 Å². The van der Waals surface area contributed by atoms with Crippen LogP contribution >= 0.6 is 0 Å². The van der Waals surface area contributed by atoms with Crippen LogP contribution in [-0.4, -0.2) is 58.3 Å². The van der Waals surface area contributed by atoms with Gasteiger partial charge < -0.3 is 10.0 Å². The maximum Gasteiger partial charge on any atom is 0.147 e. The van der Waals surface area contributed by atoms with E-state index < -0.39 is 0 Å². The second kappa shape index (κ2) is 5.42. The van der Waals surface area contributed by atoms with Crippen LogP contribution in [0.2, 0.25) is 0 Å². The summed E-state index contributed by atoms with van der Waals surface area (Å²) in [6, 6.07) is 0.848. The monoisotopic (exact) mass is 236 g/mol. The minimum absolute atomic E-state index is 0.222. The summed E-state index contributed by atoms with van der Waals surface area (Å²) in [6.07, 6.45) is 5.23. The van der Waals surface area contributed by atoms with Gasteiger partial charge in [-0.1, -0.05) is 0 Å². The molecule has 1 aliphatic rings. The Morgan fingerprint density at radius 1 is 1.29 bits per heavy atom. The van der Waals surface area contributed by atoms with Gasteiger partial charge in [-0.05, 0) is 13.8 Å². The van der Waals surface area contributed by atoms with E-state index in [1.807, 2.05) is 0 Å². The van der Waals surface area contributed by atoms with Gasteiger partial charge in [0.15, 0.2) is 0 Å². The second-order valence-corrected chi connectivity index (χ2v) is 4.63. The van der Waals surface area contributed by atoms with E-state index in [1.54, 1.807) is 18.6 Å². The maximum atomic E-state index is 9.06. The van der Waals surface area contributed by atoms with Crippen LogP contribution in [0.15, 0.2) is 18.6 Å². The fourth-order valence-corrected chi connectivity index (χ4v) is 2.55. The Morgan fingerprint density at radius 3 is 2.53 bits per heavy atom. The third kappa shape index (κ3) is 2.73. The molecule has 17 heavy (non-hydrogen) atoms. The van der Waals surface area contributed by atoms with Gasteiger partial charge in [-0.25, -0.2) is 4.98 Å². The highest BCUT2D eigenvalue weighted by molar-refractivity contribution is 5.36. The molecule has 0 radical (unpaired) electrons. The molecule has 0 spiro atoms. The van der Waals surface area contributed by atoms with Crippen molar-refractivity contribution in [2.45, 2.75) is 25.9 Å². The van der Waals surface area contributed by atoms with Gasteiger partial charge in [0.2, 0.25) is 0 Å². The van der Waals surface area contributed by atoms with Crippen molar-refractivity contribution in [3.63, 3.8) is 0 Å². The number of hydrogen-bond donors (Lipinski definition) is 1. The molecule has 0 bridgehead atoms. The molecule has 0 amide bonds. The summed E-state index contributed by atoms with van der Waals surface area (Å²) in [7, 11) is 0. The number of β-amino-alcohol motifs (C(OH)–C–C–N with tert-alkyl or cyclic N) is 1. The van der Waals surface area contributed by atoms with Crippen molar-refractivity contribution >= 4 is 5.82 Å². The maximum absolute atomic E-state index is 9.06. The summed E-state index contributed by atoms with van der Waals surface area (Å²) >= 11 is 0. The molecule has 1 N–H and O–H groups in total. The van der Waals surface area contributed by atoms with Gasteiger partial charge in [0, 0.05) is 44.1 Å². The zero-order valence-corrected chi connectivity index (χ0v) is 10.5. The zero-order valence-electron chi connectivity index (χ0n) is 10.5. The first kappa shape index (κ1) is 12.3. The Balaban J connectivity index is 2.06. The van der Waals surface area contributed by atoms with Gasteiger partial charge in [0.25, 0.3) is 0 Å². The number of anilines is 1. The standard InChI is InChI=1S/C12H20N4O/c1-10-8-15(12-7-13-3-4-14-12)9-11(2)16(10)5-6-17/h3-4,7,10-11,17H,5-6,8-9H2,1-2H3/t10-,11+. The molecule has 2 rings (SSSR count). The molecule has 1 aliphatic heterocycles. The molecule has 5 nitrogen and oxygen atoms in total. The number of piperazine rings is 1. The molecule has 1 fully saturated rings. The molecule has 1 aromatic heterocycles. The van der Waals surface area contributed by atoms with Crippen LogP contribution in [0.5, 0.6) is 0 Å². The lowest BCUT2D eigenvalue weighted by Crippen LogP contribution is -2.57. The number of nitrogens with zero attached hydrogens (tertiary/aromatic N) is 4. The van der Waals surface area contributed by atoms with Gasteiger partial charge in [0.1, 0.15) is 5.82 Å². The number of aromatic nitrogens is 2. The number of aliphatic hydroxyl groups excluding tert-OH is 1. The fourth-order valence-electron chi connectivity index (χ4n) is 2.55. The number of aliphatic hydroxyl groups is 1. The largest absolute Gasteiger partial charge is 0.395 e. The zero-order chi connectivity index (χ0) is 12.3. The van der Waals surface area contributed by atoms with Crippen LogP contribution in [0.1, 0.15) is 13.8 Å². The topological polar surface area (TPSA) is 52.5 Å². The van der Waals surface area contributed by atoms with Crippen LogP contribution in [0, 0.1) is 0 Å². The summed E-state index contributed by atoms with van der Waals surface area (Å²) in [5.74, 6) is 0.940. The van der Waals surface area contributed by atoms with Crippen LogP contribution in [0.25, 0.3) is 0 Å². The van der Waals surface area contributed by atoms with Crippen molar-refractivity contribution in [1.82, 2.24) is 14.9 Å². The number of rotatable bonds is 3. The SMILES string of the molecule is C[C@@H]1CN(c2cnccn2)C[C@H](C)N1CCO. The molecule has 0 unspecified atom stereocenters. The molecule has 0 aliphatic carbocycles. The van der Waals surface area contributed by atoms with Crippen LogP contribution in [0.4, 0.5) is 5.82 Å². The quantitative estimate of drug-likeness (QED) is 0.821. The number of hydrogen-bond acceptors (Lipinski definition) is 5. The Labute approximate surface area is 102 Å². The van der Waals surface area contributed by atoms with E-state index in [1.165, 1.54) is 0 Å². The molecule has 0 aromatic carbocycles. The Bertz CT molecular complexity index is 334. The molecular weight excluding hydrogens is 216 g/mol. The van der Waals surface area contributed by atoms with Gasteiger partial charge in [-0.3, -0.25) is 9.88 Å². The van der Waals surface area contributed by atoms with E-state index in [-0.39, 0.29) is 6.61 Å². The third-order valence-electron chi connectivity index (χ3n) is 3.33. The normalized spacial score (nSPS) is 26.2. The van der Waals surface area contributed by atoms with Gasteiger partial charge >= 0.3 is 0 Å². The summed E-state index contributed by atoms with van der Waals surface area (Å²) in [5.41, 5.74) is 0. The molecular formula is C12H20N4O. The lowest BCUT2D eigenvalue weighted by molar-refractivity contribution is 0.102. The first-order chi connectivity index (χ1) is 8.22. The third-order valence-corrected chi connectivity index (χ3v) is 3.33. The molecule has 2 heterocycles. The Kier molecular flexibility index (Phi) is 3.91. The highest BCUT2D eigenvalue weighted by Crippen LogP contribution is 2.19. The van der Waals surface area contributed by atoms with Crippen molar-refractivity contribution in [2.75, 3.05) is 31.1 Å². The van der Waals surface area contributed by atoms with Gasteiger partial charge in [-0.15, -0.1) is 0 Å².